The lowest BCUT2D eigenvalue weighted by Crippen LogP contribution is -2.38. The maximum Gasteiger partial charge on any atom is 0.0450 e. The fourth-order valence-corrected chi connectivity index (χ4v) is 3.31. The third kappa shape index (κ3) is 2.00. The number of hydrogen-bond acceptors (Lipinski definition) is 2. The summed E-state index contributed by atoms with van der Waals surface area (Å²) in [4.78, 5) is 2.55. The van der Waals surface area contributed by atoms with Gasteiger partial charge in [0.05, 0.1) is 0 Å². The van der Waals surface area contributed by atoms with E-state index < -0.39 is 0 Å². The van der Waals surface area contributed by atoms with Crippen molar-refractivity contribution in [3.63, 3.8) is 0 Å². The summed E-state index contributed by atoms with van der Waals surface area (Å²) in [5.74, 6) is 0. The Morgan fingerprint density at radius 1 is 1.11 bits per heavy atom. The van der Waals surface area contributed by atoms with Crippen molar-refractivity contribution in [3.05, 3.63) is 42.0 Å². The molecule has 1 saturated heterocycles. The third-order valence-electron chi connectivity index (χ3n) is 4.40. The minimum Gasteiger partial charge on any atom is -0.366 e. The fourth-order valence-electron chi connectivity index (χ4n) is 3.31. The first-order valence-electron chi connectivity index (χ1n) is 7.12. The van der Waals surface area contributed by atoms with Gasteiger partial charge in [0.15, 0.2) is 0 Å². The van der Waals surface area contributed by atoms with Crippen molar-refractivity contribution in [1.82, 2.24) is 0 Å². The van der Waals surface area contributed by atoms with E-state index in [2.05, 4.69) is 55.1 Å². The quantitative estimate of drug-likeness (QED) is 0.886. The molecule has 2 nitrogen and oxygen atoms in total. The summed E-state index contributed by atoms with van der Waals surface area (Å²) in [6.07, 6.45) is 2.54. The first-order chi connectivity index (χ1) is 9.13. The van der Waals surface area contributed by atoms with Gasteiger partial charge in [0, 0.05) is 29.7 Å². The van der Waals surface area contributed by atoms with E-state index in [9.17, 15) is 0 Å². The lowest BCUT2D eigenvalue weighted by atomic mass is 9.98. The molecule has 1 heterocycles. The summed E-state index contributed by atoms with van der Waals surface area (Å²) in [5, 5.41) is 2.63. The molecule has 1 fully saturated rings. The molecule has 0 saturated carbocycles. The van der Waals surface area contributed by atoms with E-state index in [1.54, 1.807) is 0 Å². The number of nitrogens with zero attached hydrogens (tertiary/aromatic N) is 1. The fraction of sp³-hybridized carbons (Fsp3) is 0.412. The summed E-state index contributed by atoms with van der Waals surface area (Å²) in [7, 11) is 0. The highest BCUT2D eigenvalue weighted by Gasteiger charge is 2.32. The van der Waals surface area contributed by atoms with E-state index in [-0.39, 0.29) is 5.54 Å². The Morgan fingerprint density at radius 3 is 2.47 bits per heavy atom. The van der Waals surface area contributed by atoms with Gasteiger partial charge in [-0.15, -0.1) is 0 Å². The molecule has 3 rings (SSSR count). The highest BCUT2D eigenvalue weighted by atomic mass is 15.2. The average Bonchev–Trinajstić information content (AvgIpc) is 2.77. The maximum absolute atomic E-state index is 5.86. The maximum atomic E-state index is 5.86. The Hall–Kier alpha value is -1.54. The van der Waals surface area contributed by atoms with Crippen LogP contribution in [0, 0.1) is 0 Å². The van der Waals surface area contributed by atoms with E-state index in [1.165, 1.54) is 34.9 Å². The summed E-state index contributed by atoms with van der Waals surface area (Å²) >= 11 is 0. The molecule has 1 aliphatic heterocycles. The van der Waals surface area contributed by atoms with Gasteiger partial charge in [-0.3, -0.25) is 0 Å². The van der Waals surface area contributed by atoms with Crippen LogP contribution in [0.3, 0.4) is 0 Å². The number of benzene rings is 2. The molecule has 0 spiro atoms. The largest absolute Gasteiger partial charge is 0.366 e. The molecule has 0 unspecified atom stereocenters. The van der Waals surface area contributed by atoms with Gasteiger partial charge < -0.3 is 10.6 Å². The van der Waals surface area contributed by atoms with Crippen LogP contribution >= 0.6 is 0 Å². The van der Waals surface area contributed by atoms with Gasteiger partial charge in [0.25, 0.3) is 0 Å². The highest BCUT2D eigenvalue weighted by molar-refractivity contribution is 5.96. The first kappa shape index (κ1) is 12.5. The van der Waals surface area contributed by atoms with E-state index in [1.807, 2.05) is 0 Å². The van der Waals surface area contributed by atoms with Crippen LogP contribution in [0.25, 0.3) is 10.8 Å². The Bertz CT molecular complexity index is 601. The summed E-state index contributed by atoms with van der Waals surface area (Å²) < 4.78 is 0. The van der Waals surface area contributed by atoms with Crippen molar-refractivity contribution in [1.29, 1.82) is 0 Å². The topological polar surface area (TPSA) is 29.3 Å². The van der Waals surface area contributed by atoms with E-state index >= 15 is 0 Å². The van der Waals surface area contributed by atoms with Crippen LogP contribution < -0.4 is 10.6 Å². The number of fused-ring (bicyclic) bond motifs is 1. The molecule has 0 radical (unpaired) electrons. The monoisotopic (exact) mass is 254 g/mol. The van der Waals surface area contributed by atoms with E-state index in [0.717, 1.165) is 6.54 Å². The van der Waals surface area contributed by atoms with Crippen LogP contribution in [-0.2, 0) is 6.54 Å². The predicted octanol–water partition coefficient (Wildman–Crippen LogP) is 3.68. The molecule has 0 aliphatic carbocycles. The Balaban J connectivity index is 2.20. The van der Waals surface area contributed by atoms with Gasteiger partial charge in [-0.2, -0.15) is 0 Å². The summed E-state index contributed by atoms with van der Waals surface area (Å²) in [5.41, 5.74) is 8.71. The molecular formula is C17H22N2. The summed E-state index contributed by atoms with van der Waals surface area (Å²) in [6.45, 7) is 6.43. The van der Waals surface area contributed by atoms with Gasteiger partial charge in [-0.05, 0) is 43.7 Å². The van der Waals surface area contributed by atoms with Crippen LogP contribution in [0.1, 0.15) is 32.3 Å². The van der Waals surface area contributed by atoms with E-state index in [0.29, 0.717) is 6.54 Å². The van der Waals surface area contributed by atoms with Crippen molar-refractivity contribution < 1.29 is 0 Å². The smallest absolute Gasteiger partial charge is 0.0450 e. The molecule has 0 atom stereocenters. The van der Waals surface area contributed by atoms with Crippen molar-refractivity contribution in [2.75, 3.05) is 11.4 Å². The van der Waals surface area contributed by atoms with Crippen LogP contribution in [0.4, 0.5) is 5.69 Å². The number of anilines is 1. The molecular weight excluding hydrogens is 232 g/mol. The normalized spacial score (nSPS) is 18.2. The second-order valence-corrected chi connectivity index (χ2v) is 6.06. The van der Waals surface area contributed by atoms with Crippen molar-refractivity contribution in [2.24, 2.45) is 5.73 Å². The minimum atomic E-state index is 0.257. The average molecular weight is 254 g/mol. The molecule has 0 amide bonds. The standard InChI is InChI=1S/C17H22N2/c1-17(2)10-5-11-19(17)16-9-8-13(12-18)14-6-3-4-7-15(14)16/h3-4,6-9H,5,10-12,18H2,1-2H3. The lowest BCUT2D eigenvalue weighted by molar-refractivity contribution is 0.519. The number of nitrogens with two attached hydrogens (primary N) is 1. The Labute approximate surface area is 115 Å². The Morgan fingerprint density at radius 2 is 1.84 bits per heavy atom. The molecule has 0 bridgehead atoms. The van der Waals surface area contributed by atoms with Gasteiger partial charge in [0.2, 0.25) is 0 Å². The van der Waals surface area contributed by atoms with Crippen molar-refractivity contribution in [3.8, 4) is 0 Å². The third-order valence-corrected chi connectivity index (χ3v) is 4.40. The number of hydrogen-bond donors (Lipinski definition) is 1. The molecule has 100 valence electrons. The molecule has 0 aromatic heterocycles. The van der Waals surface area contributed by atoms with Gasteiger partial charge in [-0.25, -0.2) is 0 Å². The first-order valence-corrected chi connectivity index (χ1v) is 7.12. The zero-order valence-electron chi connectivity index (χ0n) is 11.8. The highest BCUT2D eigenvalue weighted by Crippen LogP contribution is 2.38. The zero-order valence-corrected chi connectivity index (χ0v) is 11.8. The molecule has 2 heteroatoms. The zero-order chi connectivity index (χ0) is 13.5. The van der Waals surface area contributed by atoms with Crippen LogP contribution in [0.2, 0.25) is 0 Å². The molecule has 2 aromatic carbocycles. The van der Waals surface area contributed by atoms with E-state index in [4.69, 9.17) is 5.73 Å². The second-order valence-electron chi connectivity index (χ2n) is 6.06. The SMILES string of the molecule is CC1(C)CCCN1c1ccc(CN)c2ccccc12. The van der Waals surface area contributed by atoms with Gasteiger partial charge in [-0.1, -0.05) is 30.3 Å². The lowest BCUT2D eigenvalue weighted by Gasteiger charge is -2.34. The number of rotatable bonds is 2. The predicted molar refractivity (Wildman–Crippen MR) is 82.5 cm³/mol. The summed E-state index contributed by atoms with van der Waals surface area (Å²) in [6, 6.07) is 13.1. The second kappa shape index (κ2) is 4.53. The molecule has 1 aliphatic rings. The minimum absolute atomic E-state index is 0.257. The van der Waals surface area contributed by atoms with Crippen LogP contribution in [0.15, 0.2) is 36.4 Å². The molecule has 19 heavy (non-hydrogen) atoms. The van der Waals surface area contributed by atoms with Crippen LogP contribution in [0.5, 0.6) is 0 Å². The van der Waals surface area contributed by atoms with Crippen molar-refractivity contribution >= 4 is 16.5 Å². The Kier molecular flexibility index (Phi) is 2.98. The molecule has 2 N–H and O–H groups in total. The van der Waals surface area contributed by atoms with Crippen LogP contribution in [-0.4, -0.2) is 12.1 Å². The van der Waals surface area contributed by atoms with Gasteiger partial charge in [0.1, 0.15) is 0 Å². The molecule has 2 aromatic rings. The van der Waals surface area contributed by atoms with Crippen molar-refractivity contribution in [2.45, 2.75) is 38.8 Å². The van der Waals surface area contributed by atoms with Gasteiger partial charge >= 0.3 is 0 Å².